The highest BCUT2D eigenvalue weighted by atomic mass is 32.2. The molecule has 0 saturated heterocycles. The maximum absolute atomic E-state index is 8.34. The van der Waals surface area contributed by atoms with Gasteiger partial charge in [-0.2, -0.15) is 5.26 Å². The number of nitrogens with zero attached hydrogens (tertiary/aromatic N) is 1. The molecule has 1 aromatic carbocycles. The topological polar surface area (TPSA) is 49.8 Å². The summed E-state index contributed by atoms with van der Waals surface area (Å²) in [5.41, 5.74) is 6.38. The third-order valence-electron chi connectivity index (χ3n) is 1.83. The standard InChI is InChI=1S/C11H14N2S/c12-8-2-1-3-9-14-11-6-4-10(13)5-7-11/h4-7H,1-3,9,13H2. The first-order valence-corrected chi connectivity index (χ1v) is 5.67. The van der Waals surface area contributed by atoms with Crippen molar-refractivity contribution in [2.24, 2.45) is 0 Å². The van der Waals surface area contributed by atoms with Gasteiger partial charge in [0.1, 0.15) is 0 Å². The number of thioether (sulfide) groups is 1. The van der Waals surface area contributed by atoms with Gasteiger partial charge in [0.15, 0.2) is 0 Å². The lowest BCUT2D eigenvalue weighted by atomic mass is 10.3. The number of unbranched alkanes of at least 4 members (excludes halogenated alkanes) is 2. The molecular formula is C11H14N2S. The van der Waals surface area contributed by atoms with Crippen molar-refractivity contribution in [3.05, 3.63) is 24.3 Å². The second-order valence-corrected chi connectivity index (χ2v) is 4.20. The van der Waals surface area contributed by atoms with Gasteiger partial charge in [-0.15, -0.1) is 11.8 Å². The van der Waals surface area contributed by atoms with Gasteiger partial charge in [0, 0.05) is 17.0 Å². The van der Waals surface area contributed by atoms with Crippen molar-refractivity contribution in [1.29, 1.82) is 5.26 Å². The first-order valence-electron chi connectivity index (χ1n) is 4.68. The van der Waals surface area contributed by atoms with Crippen molar-refractivity contribution in [3.8, 4) is 6.07 Å². The average Bonchev–Trinajstić information content (AvgIpc) is 2.21. The minimum Gasteiger partial charge on any atom is -0.399 e. The Hall–Kier alpha value is -1.14. The van der Waals surface area contributed by atoms with E-state index in [1.165, 1.54) is 4.90 Å². The number of hydrogen-bond donors (Lipinski definition) is 1. The third kappa shape index (κ3) is 4.20. The Bertz CT molecular complexity index is 300. The Morgan fingerprint density at radius 2 is 1.93 bits per heavy atom. The van der Waals surface area contributed by atoms with Crippen LogP contribution in [-0.2, 0) is 0 Å². The zero-order valence-electron chi connectivity index (χ0n) is 8.07. The highest BCUT2D eigenvalue weighted by molar-refractivity contribution is 7.99. The molecule has 0 bridgehead atoms. The van der Waals surface area contributed by atoms with Crippen molar-refractivity contribution in [2.45, 2.75) is 24.2 Å². The quantitative estimate of drug-likeness (QED) is 0.457. The maximum Gasteiger partial charge on any atom is 0.0621 e. The van der Waals surface area contributed by atoms with E-state index in [0.29, 0.717) is 6.42 Å². The normalized spacial score (nSPS) is 9.64. The van der Waals surface area contributed by atoms with Crippen molar-refractivity contribution in [1.82, 2.24) is 0 Å². The fourth-order valence-corrected chi connectivity index (χ4v) is 1.97. The molecule has 0 spiro atoms. The summed E-state index contributed by atoms with van der Waals surface area (Å²) in [6, 6.07) is 10.0. The van der Waals surface area contributed by atoms with Gasteiger partial charge in [-0.25, -0.2) is 0 Å². The zero-order valence-corrected chi connectivity index (χ0v) is 8.89. The summed E-state index contributed by atoms with van der Waals surface area (Å²) in [4.78, 5) is 1.25. The first-order chi connectivity index (χ1) is 6.83. The van der Waals surface area contributed by atoms with Crippen molar-refractivity contribution in [2.75, 3.05) is 11.5 Å². The number of nitrogen functional groups attached to an aromatic ring is 1. The van der Waals surface area contributed by atoms with Crippen LogP contribution in [0.3, 0.4) is 0 Å². The van der Waals surface area contributed by atoms with E-state index in [1.54, 1.807) is 0 Å². The molecule has 0 aliphatic rings. The molecule has 1 rings (SSSR count). The van der Waals surface area contributed by atoms with Crippen LogP contribution in [0.4, 0.5) is 5.69 Å². The molecule has 0 heterocycles. The summed E-state index contributed by atoms with van der Waals surface area (Å²) >= 11 is 1.81. The monoisotopic (exact) mass is 206 g/mol. The summed E-state index contributed by atoms with van der Waals surface area (Å²) in [7, 11) is 0. The number of benzene rings is 1. The molecule has 0 atom stereocenters. The van der Waals surface area contributed by atoms with E-state index in [1.807, 2.05) is 36.0 Å². The zero-order chi connectivity index (χ0) is 10.2. The van der Waals surface area contributed by atoms with Crippen LogP contribution in [-0.4, -0.2) is 5.75 Å². The summed E-state index contributed by atoms with van der Waals surface area (Å²) in [6.45, 7) is 0. The fraction of sp³-hybridized carbons (Fsp3) is 0.364. The highest BCUT2D eigenvalue weighted by Gasteiger charge is 1.93. The molecule has 0 fully saturated rings. The van der Waals surface area contributed by atoms with Crippen molar-refractivity contribution in [3.63, 3.8) is 0 Å². The summed E-state index contributed by atoms with van der Waals surface area (Å²) in [5, 5.41) is 8.34. The molecule has 3 heteroatoms. The van der Waals surface area contributed by atoms with Gasteiger partial charge >= 0.3 is 0 Å². The van der Waals surface area contributed by atoms with Crippen LogP contribution in [0.5, 0.6) is 0 Å². The Kier molecular flexibility index (Phi) is 4.95. The van der Waals surface area contributed by atoms with E-state index in [4.69, 9.17) is 11.0 Å². The smallest absolute Gasteiger partial charge is 0.0621 e. The van der Waals surface area contributed by atoms with E-state index in [9.17, 15) is 0 Å². The minimum absolute atomic E-state index is 0.669. The lowest BCUT2D eigenvalue weighted by molar-refractivity contribution is 0.830. The minimum atomic E-state index is 0.669. The van der Waals surface area contributed by atoms with Crippen molar-refractivity contribution < 1.29 is 0 Å². The molecule has 2 N–H and O–H groups in total. The van der Waals surface area contributed by atoms with E-state index in [-0.39, 0.29) is 0 Å². The number of nitrogens with two attached hydrogens (primary N) is 1. The molecule has 0 saturated carbocycles. The second-order valence-electron chi connectivity index (χ2n) is 3.03. The van der Waals surface area contributed by atoms with E-state index in [2.05, 4.69) is 6.07 Å². The summed E-state index contributed by atoms with van der Waals surface area (Å²) in [6.07, 6.45) is 2.77. The Morgan fingerprint density at radius 1 is 1.21 bits per heavy atom. The predicted octanol–water partition coefficient (Wildman–Crippen LogP) is 3.05. The molecule has 0 aliphatic carbocycles. The summed E-state index contributed by atoms with van der Waals surface area (Å²) in [5.74, 6) is 1.07. The molecule has 74 valence electrons. The van der Waals surface area contributed by atoms with Gasteiger partial charge in [-0.05, 0) is 42.9 Å². The number of anilines is 1. The lowest BCUT2D eigenvalue weighted by Gasteiger charge is -2.00. The maximum atomic E-state index is 8.34. The number of hydrogen-bond acceptors (Lipinski definition) is 3. The molecule has 2 nitrogen and oxygen atoms in total. The van der Waals surface area contributed by atoms with Gasteiger partial charge < -0.3 is 5.73 Å². The average molecular weight is 206 g/mol. The lowest BCUT2D eigenvalue weighted by Crippen LogP contribution is -1.84. The van der Waals surface area contributed by atoms with E-state index < -0.39 is 0 Å². The molecular weight excluding hydrogens is 192 g/mol. The van der Waals surface area contributed by atoms with Gasteiger partial charge in [-0.3, -0.25) is 0 Å². The molecule has 1 aromatic rings. The van der Waals surface area contributed by atoms with Crippen LogP contribution in [0.25, 0.3) is 0 Å². The SMILES string of the molecule is N#CCCCCSc1ccc(N)cc1. The van der Waals surface area contributed by atoms with Gasteiger partial charge in [0.05, 0.1) is 6.07 Å². The van der Waals surface area contributed by atoms with Crippen LogP contribution in [0.1, 0.15) is 19.3 Å². The highest BCUT2D eigenvalue weighted by Crippen LogP contribution is 2.20. The van der Waals surface area contributed by atoms with E-state index >= 15 is 0 Å². The predicted molar refractivity (Wildman–Crippen MR) is 61.0 cm³/mol. The van der Waals surface area contributed by atoms with E-state index in [0.717, 1.165) is 24.3 Å². The molecule has 0 aromatic heterocycles. The van der Waals surface area contributed by atoms with Crippen LogP contribution in [0.15, 0.2) is 29.2 Å². The Balaban J connectivity index is 2.19. The van der Waals surface area contributed by atoms with Gasteiger partial charge in [-0.1, -0.05) is 0 Å². The molecule has 0 aliphatic heterocycles. The Morgan fingerprint density at radius 3 is 2.57 bits per heavy atom. The van der Waals surface area contributed by atoms with Gasteiger partial charge in [0.25, 0.3) is 0 Å². The van der Waals surface area contributed by atoms with Crippen molar-refractivity contribution >= 4 is 17.4 Å². The molecule has 14 heavy (non-hydrogen) atoms. The first kappa shape index (κ1) is 10.9. The number of rotatable bonds is 5. The molecule has 0 unspecified atom stereocenters. The largest absolute Gasteiger partial charge is 0.399 e. The van der Waals surface area contributed by atoms with Crippen LogP contribution < -0.4 is 5.73 Å². The fourth-order valence-electron chi connectivity index (χ4n) is 1.06. The van der Waals surface area contributed by atoms with Gasteiger partial charge in [0.2, 0.25) is 0 Å². The molecule has 0 amide bonds. The second kappa shape index (κ2) is 6.33. The number of nitriles is 1. The van der Waals surface area contributed by atoms with Crippen LogP contribution in [0.2, 0.25) is 0 Å². The van der Waals surface area contributed by atoms with Crippen LogP contribution in [0, 0.1) is 11.3 Å². The third-order valence-corrected chi connectivity index (χ3v) is 2.93. The summed E-state index contributed by atoms with van der Waals surface area (Å²) < 4.78 is 0. The van der Waals surface area contributed by atoms with Crippen LogP contribution >= 0.6 is 11.8 Å². The molecule has 0 radical (unpaired) electrons. The Labute approximate surface area is 89.1 Å².